The van der Waals surface area contributed by atoms with Gasteiger partial charge in [-0.05, 0) is 55.7 Å². The van der Waals surface area contributed by atoms with Crippen LogP contribution in [0, 0.1) is 0 Å². The molecular formula is C26H26N2O5S. The molecule has 0 saturated carbocycles. The fourth-order valence-corrected chi connectivity index (χ4v) is 5.48. The fourth-order valence-electron chi connectivity index (χ4n) is 4.21. The van der Waals surface area contributed by atoms with Crippen LogP contribution < -0.4 is 9.62 Å². The smallest absolute Gasteiger partial charge is 0.338 e. The molecule has 3 aromatic carbocycles. The first-order chi connectivity index (χ1) is 16.1. The molecule has 0 radical (unpaired) electrons. The molecule has 2 unspecified atom stereocenters. The maximum atomic E-state index is 12.8. The molecule has 1 aliphatic rings. The Morgan fingerprint density at radius 2 is 1.71 bits per heavy atom. The number of ether oxygens (including phenoxy) is 1. The SMILES string of the molecule is CC(OC(=O)c1ccc2c(c1)CC(C)N2S(C)(=O)=O)C(=O)Nc1ccccc1-c1ccccc1. The first-order valence-corrected chi connectivity index (χ1v) is 12.8. The Morgan fingerprint density at radius 1 is 1.03 bits per heavy atom. The highest BCUT2D eigenvalue weighted by Crippen LogP contribution is 2.35. The molecule has 0 bridgehead atoms. The number of benzene rings is 3. The lowest BCUT2D eigenvalue weighted by molar-refractivity contribution is -0.123. The van der Waals surface area contributed by atoms with Crippen molar-refractivity contribution < 1.29 is 22.7 Å². The normalized spacial score (nSPS) is 16.0. The molecule has 7 nitrogen and oxygen atoms in total. The second-order valence-electron chi connectivity index (χ2n) is 8.40. The molecule has 0 fully saturated rings. The van der Waals surface area contributed by atoms with Crippen molar-refractivity contribution in [2.24, 2.45) is 0 Å². The molecule has 0 saturated heterocycles. The van der Waals surface area contributed by atoms with Crippen molar-refractivity contribution in [3.63, 3.8) is 0 Å². The summed E-state index contributed by atoms with van der Waals surface area (Å²) >= 11 is 0. The maximum Gasteiger partial charge on any atom is 0.338 e. The van der Waals surface area contributed by atoms with Crippen molar-refractivity contribution in [2.75, 3.05) is 15.9 Å². The second-order valence-corrected chi connectivity index (χ2v) is 10.3. The van der Waals surface area contributed by atoms with Crippen molar-refractivity contribution in [1.29, 1.82) is 0 Å². The highest BCUT2D eigenvalue weighted by Gasteiger charge is 2.33. The Hall–Kier alpha value is -3.65. The summed E-state index contributed by atoms with van der Waals surface area (Å²) < 4.78 is 31.0. The van der Waals surface area contributed by atoms with Gasteiger partial charge < -0.3 is 10.1 Å². The average molecular weight is 479 g/mol. The summed E-state index contributed by atoms with van der Waals surface area (Å²) in [6, 6.07) is 21.6. The molecule has 1 N–H and O–H groups in total. The highest BCUT2D eigenvalue weighted by molar-refractivity contribution is 7.92. The maximum absolute atomic E-state index is 12.8. The predicted molar refractivity (Wildman–Crippen MR) is 132 cm³/mol. The summed E-state index contributed by atoms with van der Waals surface area (Å²) in [7, 11) is -3.42. The van der Waals surface area contributed by atoms with E-state index in [0.717, 1.165) is 22.9 Å². The van der Waals surface area contributed by atoms with Gasteiger partial charge in [0.25, 0.3) is 5.91 Å². The van der Waals surface area contributed by atoms with Crippen molar-refractivity contribution in [3.8, 4) is 11.1 Å². The van der Waals surface area contributed by atoms with Crippen molar-refractivity contribution >= 4 is 33.3 Å². The fraction of sp³-hybridized carbons (Fsp3) is 0.231. The van der Waals surface area contributed by atoms with Crippen LogP contribution >= 0.6 is 0 Å². The van der Waals surface area contributed by atoms with E-state index in [2.05, 4.69) is 5.32 Å². The Bertz CT molecular complexity index is 1340. The molecule has 0 aliphatic carbocycles. The van der Waals surface area contributed by atoms with E-state index < -0.39 is 28.0 Å². The van der Waals surface area contributed by atoms with Crippen LogP contribution in [0.3, 0.4) is 0 Å². The summed E-state index contributed by atoms with van der Waals surface area (Å²) in [6.07, 6.45) is 0.628. The minimum Gasteiger partial charge on any atom is -0.449 e. The molecule has 34 heavy (non-hydrogen) atoms. The van der Waals surface area contributed by atoms with E-state index in [-0.39, 0.29) is 11.6 Å². The van der Waals surface area contributed by atoms with Gasteiger partial charge in [0.2, 0.25) is 10.0 Å². The molecule has 1 aliphatic heterocycles. The number of fused-ring (bicyclic) bond motifs is 1. The minimum atomic E-state index is -3.42. The number of esters is 1. The zero-order valence-electron chi connectivity index (χ0n) is 19.2. The molecule has 0 spiro atoms. The second kappa shape index (κ2) is 9.30. The van der Waals surface area contributed by atoms with Crippen LogP contribution in [0.4, 0.5) is 11.4 Å². The predicted octanol–water partition coefficient (Wildman–Crippen LogP) is 4.25. The number of hydrogen-bond acceptors (Lipinski definition) is 5. The lowest BCUT2D eigenvalue weighted by Gasteiger charge is -2.22. The third kappa shape index (κ3) is 4.82. The van der Waals surface area contributed by atoms with E-state index in [9.17, 15) is 18.0 Å². The number of anilines is 2. The number of hydrogen-bond donors (Lipinski definition) is 1. The quantitative estimate of drug-likeness (QED) is 0.535. The van der Waals surface area contributed by atoms with E-state index in [1.807, 2.05) is 55.5 Å². The van der Waals surface area contributed by atoms with Crippen LogP contribution in [0.15, 0.2) is 72.8 Å². The van der Waals surface area contributed by atoms with Gasteiger partial charge in [0.05, 0.1) is 17.5 Å². The van der Waals surface area contributed by atoms with Crippen LogP contribution in [0.2, 0.25) is 0 Å². The van der Waals surface area contributed by atoms with Gasteiger partial charge in [-0.25, -0.2) is 13.2 Å². The van der Waals surface area contributed by atoms with Gasteiger partial charge in [-0.15, -0.1) is 0 Å². The van der Waals surface area contributed by atoms with Gasteiger partial charge in [-0.3, -0.25) is 9.10 Å². The third-order valence-electron chi connectivity index (χ3n) is 5.75. The Labute approximate surface area is 199 Å². The van der Waals surface area contributed by atoms with E-state index in [1.165, 1.54) is 17.3 Å². The van der Waals surface area contributed by atoms with Crippen LogP contribution in [0.1, 0.15) is 29.8 Å². The summed E-state index contributed by atoms with van der Waals surface area (Å²) in [5.41, 5.74) is 4.02. The standard InChI is InChI=1S/C26H26N2O5S/c1-17-15-21-16-20(13-14-24(21)28(17)34(3,31)32)26(30)33-18(2)25(29)27-23-12-8-7-11-22(23)19-9-5-4-6-10-19/h4-14,16-18H,15H2,1-3H3,(H,27,29). The monoisotopic (exact) mass is 478 g/mol. The summed E-state index contributed by atoms with van der Waals surface area (Å²) in [5.74, 6) is -1.10. The van der Waals surface area contributed by atoms with Crippen molar-refractivity contribution in [2.45, 2.75) is 32.4 Å². The van der Waals surface area contributed by atoms with Crippen LogP contribution in [-0.2, 0) is 26.0 Å². The highest BCUT2D eigenvalue weighted by atomic mass is 32.2. The van der Waals surface area contributed by atoms with Crippen molar-refractivity contribution in [1.82, 2.24) is 0 Å². The lowest BCUT2D eigenvalue weighted by atomic mass is 10.0. The molecule has 8 heteroatoms. The number of para-hydroxylation sites is 1. The number of carbonyl (C=O) groups is 2. The number of sulfonamides is 1. The Balaban J connectivity index is 1.46. The topological polar surface area (TPSA) is 92.8 Å². The number of rotatable bonds is 6. The molecule has 1 heterocycles. The first kappa shape index (κ1) is 23.5. The Morgan fingerprint density at radius 3 is 2.41 bits per heavy atom. The van der Waals surface area contributed by atoms with E-state index in [4.69, 9.17) is 4.74 Å². The lowest BCUT2D eigenvalue weighted by Crippen LogP contribution is -2.34. The third-order valence-corrected chi connectivity index (χ3v) is 7.02. The molecule has 4 rings (SSSR count). The van der Waals surface area contributed by atoms with Gasteiger partial charge >= 0.3 is 5.97 Å². The van der Waals surface area contributed by atoms with Crippen LogP contribution in [0.5, 0.6) is 0 Å². The van der Waals surface area contributed by atoms with Crippen LogP contribution in [0.25, 0.3) is 11.1 Å². The van der Waals surface area contributed by atoms with Gasteiger partial charge in [0.1, 0.15) is 0 Å². The Kier molecular flexibility index (Phi) is 6.43. The molecule has 1 amide bonds. The van der Waals surface area contributed by atoms with Crippen molar-refractivity contribution in [3.05, 3.63) is 83.9 Å². The van der Waals surface area contributed by atoms with Gasteiger partial charge in [-0.2, -0.15) is 0 Å². The largest absolute Gasteiger partial charge is 0.449 e. The number of nitrogens with one attached hydrogen (secondary N) is 1. The average Bonchev–Trinajstić information content (AvgIpc) is 3.15. The van der Waals surface area contributed by atoms with Gasteiger partial charge in [0.15, 0.2) is 6.10 Å². The van der Waals surface area contributed by atoms with E-state index in [1.54, 1.807) is 18.2 Å². The molecule has 2 atom stereocenters. The summed E-state index contributed by atoms with van der Waals surface area (Å²) in [6.45, 7) is 3.33. The minimum absolute atomic E-state index is 0.231. The molecule has 176 valence electrons. The van der Waals surface area contributed by atoms with E-state index in [0.29, 0.717) is 17.8 Å². The van der Waals surface area contributed by atoms with Gasteiger partial charge in [-0.1, -0.05) is 48.5 Å². The number of nitrogens with zero attached hydrogens (tertiary/aromatic N) is 1. The first-order valence-electron chi connectivity index (χ1n) is 10.9. The summed E-state index contributed by atoms with van der Waals surface area (Å²) in [5, 5.41) is 2.85. The van der Waals surface area contributed by atoms with E-state index >= 15 is 0 Å². The molecule has 3 aromatic rings. The number of carbonyl (C=O) groups excluding carboxylic acids is 2. The number of amides is 1. The molecular weight excluding hydrogens is 452 g/mol. The zero-order valence-corrected chi connectivity index (χ0v) is 20.0. The summed E-state index contributed by atoms with van der Waals surface area (Å²) in [4.78, 5) is 25.5. The van der Waals surface area contributed by atoms with Crippen LogP contribution in [-0.4, -0.2) is 38.7 Å². The van der Waals surface area contributed by atoms with Gasteiger partial charge in [0, 0.05) is 17.3 Å². The molecule has 0 aromatic heterocycles. The zero-order chi connectivity index (χ0) is 24.5.